The number of ether oxygens (including phenoxy) is 3. The van der Waals surface area contributed by atoms with Gasteiger partial charge in [0.25, 0.3) is 0 Å². The smallest absolute Gasteiger partial charge is 0.183 e. The molecular weight excluding hydrogens is 268 g/mol. The predicted molar refractivity (Wildman–Crippen MR) is 84.0 cm³/mol. The van der Waals surface area contributed by atoms with Crippen molar-refractivity contribution in [1.29, 1.82) is 0 Å². The fraction of sp³-hybridized carbons (Fsp3) is 0.625. The molecule has 2 rings (SSSR count). The number of rotatable bonds is 5. The molecule has 0 aliphatic carbocycles. The summed E-state index contributed by atoms with van der Waals surface area (Å²) in [5.74, 6) is 0. The van der Waals surface area contributed by atoms with E-state index in [-0.39, 0.29) is 12.4 Å². The first-order valence-electron chi connectivity index (χ1n) is 7.37. The first kappa shape index (κ1) is 15.7. The highest BCUT2D eigenvalue weighted by Gasteiger charge is 2.27. The lowest BCUT2D eigenvalue weighted by Crippen LogP contribution is -2.41. The van der Waals surface area contributed by atoms with E-state index >= 15 is 0 Å². The van der Waals surface area contributed by atoms with Crippen molar-refractivity contribution in [2.45, 2.75) is 51.5 Å². The average Bonchev–Trinajstić information content (AvgIpc) is 2.44. The molecular formula is C16H26O3Si. The maximum atomic E-state index is 6.08. The molecule has 20 heavy (non-hydrogen) atoms. The number of hydrogen-bond donors (Lipinski definition) is 0. The minimum absolute atomic E-state index is 0.0449. The zero-order valence-corrected chi connectivity index (χ0v) is 14.0. The zero-order chi connectivity index (χ0) is 14.6. The Morgan fingerprint density at radius 2 is 2.00 bits per heavy atom. The fourth-order valence-corrected chi connectivity index (χ4v) is 4.40. The van der Waals surface area contributed by atoms with Gasteiger partial charge in [-0.15, -0.1) is 0 Å². The van der Waals surface area contributed by atoms with Gasteiger partial charge in [-0.05, 0) is 18.4 Å². The van der Waals surface area contributed by atoms with Crippen LogP contribution in [0.25, 0.3) is 0 Å². The van der Waals surface area contributed by atoms with E-state index in [1.54, 1.807) is 7.11 Å². The van der Waals surface area contributed by atoms with Crippen LogP contribution in [0.3, 0.4) is 0 Å². The van der Waals surface area contributed by atoms with Crippen LogP contribution >= 0.6 is 0 Å². The SMILES string of the molecule is CO[C@@H]1OCCC[C@H]1OCc1ccccc1[Si](C)(C)C. The third-order valence-electron chi connectivity index (χ3n) is 3.73. The summed E-state index contributed by atoms with van der Waals surface area (Å²) in [6.07, 6.45) is 1.87. The lowest BCUT2D eigenvalue weighted by Gasteiger charge is -2.31. The highest BCUT2D eigenvalue weighted by Crippen LogP contribution is 2.19. The highest BCUT2D eigenvalue weighted by atomic mass is 28.3. The fourth-order valence-electron chi connectivity index (χ4n) is 2.68. The predicted octanol–water partition coefficient (Wildman–Crippen LogP) is 2.90. The third-order valence-corrected chi connectivity index (χ3v) is 5.83. The van der Waals surface area contributed by atoms with Crippen molar-refractivity contribution in [3.8, 4) is 0 Å². The van der Waals surface area contributed by atoms with E-state index in [0.717, 1.165) is 19.4 Å². The number of methoxy groups -OCH3 is 1. The Labute approximate surface area is 123 Å². The second kappa shape index (κ2) is 6.85. The highest BCUT2D eigenvalue weighted by molar-refractivity contribution is 6.89. The molecule has 1 aliphatic rings. The van der Waals surface area contributed by atoms with Gasteiger partial charge in [0.1, 0.15) is 6.10 Å². The number of benzene rings is 1. The van der Waals surface area contributed by atoms with Gasteiger partial charge in [0.2, 0.25) is 0 Å². The van der Waals surface area contributed by atoms with Gasteiger partial charge in [-0.3, -0.25) is 0 Å². The molecule has 1 aliphatic heterocycles. The molecule has 0 saturated carbocycles. The molecule has 0 aromatic heterocycles. The Morgan fingerprint density at radius 1 is 1.25 bits per heavy atom. The van der Waals surface area contributed by atoms with Gasteiger partial charge in [-0.2, -0.15) is 0 Å². The van der Waals surface area contributed by atoms with Gasteiger partial charge in [-0.25, -0.2) is 0 Å². The second-order valence-electron chi connectivity index (χ2n) is 6.37. The van der Waals surface area contributed by atoms with Gasteiger partial charge in [0.15, 0.2) is 6.29 Å². The first-order valence-corrected chi connectivity index (χ1v) is 10.9. The maximum Gasteiger partial charge on any atom is 0.183 e. The molecule has 112 valence electrons. The molecule has 1 aromatic carbocycles. The van der Waals surface area contributed by atoms with E-state index in [4.69, 9.17) is 14.2 Å². The Balaban J connectivity index is 2.03. The molecule has 0 N–H and O–H groups in total. The second-order valence-corrected chi connectivity index (χ2v) is 11.4. The van der Waals surface area contributed by atoms with Gasteiger partial charge >= 0.3 is 0 Å². The van der Waals surface area contributed by atoms with Crippen LogP contribution in [-0.4, -0.2) is 34.2 Å². The number of hydrogen-bond acceptors (Lipinski definition) is 3. The average molecular weight is 294 g/mol. The Bertz CT molecular complexity index is 428. The monoisotopic (exact) mass is 294 g/mol. The van der Waals surface area contributed by atoms with E-state index < -0.39 is 8.07 Å². The minimum atomic E-state index is -1.33. The van der Waals surface area contributed by atoms with Crippen molar-refractivity contribution < 1.29 is 14.2 Å². The molecule has 1 fully saturated rings. The van der Waals surface area contributed by atoms with Gasteiger partial charge in [0, 0.05) is 13.7 Å². The van der Waals surface area contributed by atoms with Crippen molar-refractivity contribution in [1.82, 2.24) is 0 Å². The van der Waals surface area contributed by atoms with E-state index in [1.165, 1.54) is 10.8 Å². The van der Waals surface area contributed by atoms with Gasteiger partial charge < -0.3 is 14.2 Å². The molecule has 1 saturated heterocycles. The summed E-state index contributed by atoms with van der Waals surface area (Å²) in [6.45, 7) is 8.52. The van der Waals surface area contributed by atoms with Gasteiger partial charge in [-0.1, -0.05) is 49.1 Å². The van der Waals surface area contributed by atoms with Crippen molar-refractivity contribution in [3.05, 3.63) is 29.8 Å². The van der Waals surface area contributed by atoms with Crippen LogP contribution in [-0.2, 0) is 20.8 Å². The first-order chi connectivity index (χ1) is 9.52. The van der Waals surface area contributed by atoms with E-state index in [0.29, 0.717) is 6.61 Å². The molecule has 0 bridgehead atoms. The summed E-state index contributed by atoms with van der Waals surface area (Å²) in [5, 5.41) is 1.48. The molecule has 2 atom stereocenters. The van der Waals surface area contributed by atoms with Crippen molar-refractivity contribution in [2.75, 3.05) is 13.7 Å². The largest absolute Gasteiger partial charge is 0.368 e. The van der Waals surface area contributed by atoms with Crippen LogP contribution in [0.4, 0.5) is 0 Å². The van der Waals surface area contributed by atoms with Crippen LogP contribution < -0.4 is 5.19 Å². The summed E-state index contributed by atoms with van der Waals surface area (Å²) in [5.41, 5.74) is 1.31. The van der Waals surface area contributed by atoms with Crippen LogP contribution in [0.1, 0.15) is 18.4 Å². The topological polar surface area (TPSA) is 27.7 Å². The molecule has 1 aromatic rings. The molecule has 0 unspecified atom stereocenters. The molecule has 1 heterocycles. The van der Waals surface area contributed by atoms with Crippen molar-refractivity contribution in [3.63, 3.8) is 0 Å². The van der Waals surface area contributed by atoms with Crippen LogP contribution in [0.15, 0.2) is 24.3 Å². The maximum absolute atomic E-state index is 6.08. The van der Waals surface area contributed by atoms with E-state index in [1.807, 2.05) is 0 Å². The normalized spacial score (nSPS) is 23.8. The molecule has 0 amide bonds. The summed E-state index contributed by atoms with van der Waals surface area (Å²) in [4.78, 5) is 0. The van der Waals surface area contributed by atoms with Crippen LogP contribution in [0, 0.1) is 0 Å². The zero-order valence-electron chi connectivity index (χ0n) is 13.0. The third kappa shape index (κ3) is 3.91. The molecule has 0 radical (unpaired) electrons. The Morgan fingerprint density at radius 3 is 2.70 bits per heavy atom. The van der Waals surface area contributed by atoms with Crippen molar-refractivity contribution >= 4 is 13.3 Å². The standard InChI is InChI=1S/C16H26O3Si/c1-17-16-14(9-7-11-18-16)19-12-13-8-5-6-10-15(13)20(2,3)4/h5-6,8,10,14,16H,7,9,11-12H2,1-4H3/t14-,16-/m1/s1. The summed E-state index contributed by atoms with van der Waals surface area (Å²) < 4.78 is 17.0. The summed E-state index contributed by atoms with van der Waals surface area (Å²) in [6, 6.07) is 8.64. The van der Waals surface area contributed by atoms with Crippen LogP contribution in [0.5, 0.6) is 0 Å². The molecule has 4 heteroatoms. The van der Waals surface area contributed by atoms with Crippen LogP contribution in [0.2, 0.25) is 19.6 Å². The summed E-state index contributed by atoms with van der Waals surface area (Å²) in [7, 11) is 0.350. The van der Waals surface area contributed by atoms with E-state index in [9.17, 15) is 0 Å². The Kier molecular flexibility index (Phi) is 5.38. The quantitative estimate of drug-likeness (QED) is 0.782. The molecule has 3 nitrogen and oxygen atoms in total. The minimum Gasteiger partial charge on any atom is -0.368 e. The summed E-state index contributed by atoms with van der Waals surface area (Å²) >= 11 is 0. The lowest BCUT2D eigenvalue weighted by molar-refractivity contribution is -0.218. The Hall–Kier alpha value is -0.683. The van der Waals surface area contributed by atoms with Crippen molar-refractivity contribution in [2.24, 2.45) is 0 Å². The lowest BCUT2D eigenvalue weighted by atomic mass is 10.1. The van der Waals surface area contributed by atoms with E-state index in [2.05, 4.69) is 43.9 Å². The molecule has 0 spiro atoms. The van der Waals surface area contributed by atoms with Gasteiger partial charge in [0.05, 0.1) is 14.7 Å².